The van der Waals surface area contributed by atoms with Crippen LogP contribution in [-0.2, 0) is 16.0 Å². The molecule has 3 aliphatic rings. The minimum Gasteiger partial charge on any atom is -0.490 e. The summed E-state index contributed by atoms with van der Waals surface area (Å²) < 4.78 is 12.2. The lowest BCUT2D eigenvalue weighted by molar-refractivity contribution is -0.119. The number of carbonyl (C=O) groups excluding carboxylic acids is 2. The number of allylic oxidation sites excluding steroid dienone is 5. The van der Waals surface area contributed by atoms with Crippen LogP contribution in [0, 0.1) is 10.8 Å². The van der Waals surface area contributed by atoms with Gasteiger partial charge in [-0.1, -0.05) is 46.8 Å². The molecular formula is C31H41NO4. The zero-order valence-electron chi connectivity index (χ0n) is 22.8. The first-order valence-corrected chi connectivity index (χ1v) is 13.3. The topological polar surface area (TPSA) is 64.6 Å². The molecule has 0 spiro atoms. The van der Waals surface area contributed by atoms with Crippen LogP contribution in [0.15, 0.2) is 47.3 Å². The SMILES string of the molecule is C=CCc1cc(C2C3=C(CC(C)(C)CC3=O)NC3=C2C(=O)CC(C)(C)C3)cc(OCC)c1OCCC. The molecule has 1 aromatic rings. The molecule has 0 atom stereocenters. The first-order chi connectivity index (χ1) is 17.0. The molecule has 36 heavy (non-hydrogen) atoms. The van der Waals surface area contributed by atoms with Gasteiger partial charge in [0.2, 0.25) is 0 Å². The fourth-order valence-corrected chi connectivity index (χ4v) is 6.01. The van der Waals surface area contributed by atoms with E-state index in [0.29, 0.717) is 38.2 Å². The maximum atomic E-state index is 13.7. The van der Waals surface area contributed by atoms with Crippen molar-refractivity contribution in [2.45, 2.75) is 86.0 Å². The highest BCUT2D eigenvalue weighted by Crippen LogP contribution is 2.52. The summed E-state index contributed by atoms with van der Waals surface area (Å²) in [5.41, 5.74) is 5.08. The average molecular weight is 492 g/mol. The van der Waals surface area contributed by atoms with Crippen LogP contribution >= 0.6 is 0 Å². The van der Waals surface area contributed by atoms with Gasteiger partial charge in [0.1, 0.15) is 0 Å². The first-order valence-electron chi connectivity index (χ1n) is 13.3. The van der Waals surface area contributed by atoms with Gasteiger partial charge in [-0.25, -0.2) is 0 Å². The van der Waals surface area contributed by atoms with Crippen molar-refractivity contribution in [1.29, 1.82) is 0 Å². The van der Waals surface area contributed by atoms with E-state index in [0.717, 1.165) is 58.7 Å². The molecule has 5 heteroatoms. The van der Waals surface area contributed by atoms with Crippen LogP contribution < -0.4 is 14.8 Å². The second-order valence-electron chi connectivity index (χ2n) is 12.0. The number of ketones is 2. The monoisotopic (exact) mass is 491 g/mol. The van der Waals surface area contributed by atoms with Crippen molar-refractivity contribution in [2.75, 3.05) is 13.2 Å². The molecule has 0 saturated heterocycles. The number of nitrogens with one attached hydrogen (secondary N) is 1. The van der Waals surface area contributed by atoms with Gasteiger partial charge in [-0.15, -0.1) is 6.58 Å². The second-order valence-corrected chi connectivity index (χ2v) is 12.0. The summed E-state index contributed by atoms with van der Waals surface area (Å²) in [6.07, 6.45) is 5.86. The fourth-order valence-electron chi connectivity index (χ4n) is 6.01. The van der Waals surface area contributed by atoms with E-state index in [2.05, 4.69) is 52.6 Å². The number of benzene rings is 1. The van der Waals surface area contributed by atoms with Crippen molar-refractivity contribution in [3.8, 4) is 11.5 Å². The van der Waals surface area contributed by atoms with Crippen molar-refractivity contribution in [3.63, 3.8) is 0 Å². The highest BCUT2D eigenvalue weighted by Gasteiger charge is 2.46. The average Bonchev–Trinajstić information content (AvgIpc) is 2.75. The van der Waals surface area contributed by atoms with Gasteiger partial charge in [0, 0.05) is 46.9 Å². The Bertz CT molecular complexity index is 1100. The molecule has 0 aromatic heterocycles. The van der Waals surface area contributed by atoms with E-state index in [4.69, 9.17) is 9.47 Å². The Morgan fingerprint density at radius 1 is 0.944 bits per heavy atom. The molecule has 2 aliphatic carbocycles. The van der Waals surface area contributed by atoms with Crippen LogP contribution in [-0.4, -0.2) is 24.8 Å². The number of carbonyl (C=O) groups is 2. The molecule has 1 heterocycles. The largest absolute Gasteiger partial charge is 0.490 e. The van der Waals surface area contributed by atoms with E-state index in [1.54, 1.807) is 0 Å². The van der Waals surface area contributed by atoms with Crippen molar-refractivity contribution in [1.82, 2.24) is 5.32 Å². The second kappa shape index (κ2) is 9.91. The minimum absolute atomic E-state index is 0.123. The van der Waals surface area contributed by atoms with E-state index in [1.165, 1.54) is 0 Å². The molecule has 0 radical (unpaired) electrons. The van der Waals surface area contributed by atoms with Gasteiger partial charge in [-0.3, -0.25) is 9.59 Å². The molecule has 0 bridgehead atoms. The minimum atomic E-state index is -0.397. The van der Waals surface area contributed by atoms with Gasteiger partial charge in [0.25, 0.3) is 0 Å². The summed E-state index contributed by atoms with van der Waals surface area (Å²) in [6.45, 7) is 17.6. The van der Waals surface area contributed by atoms with E-state index in [9.17, 15) is 9.59 Å². The predicted octanol–water partition coefficient (Wildman–Crippen LogP) is 6.58. The Labute approximate surface area is 216 Å². The van der Waals surface area contributed by atoms with Crippen molar-refractivity contribution >= 4 is 11.6 Å². The normalized spacial score (nSPS) is 21.1. The van der Waals surface area contributed by atoms with Gasteiger partial charge >= 0.3 is 0 Å². The van der Waals surface area contributed by atoms with Crippen LogP contribution in [0.4, 0.5) is 0 Å². The quantitative estimate of drug-likeness (QED) is 0.416. The highest BCUT2D eigenvalue weighted by molar-refractivity contribution is 6.06. The zero-order valence-corrected chi connectivity index (χ0v) is 22.8. The van der Waals surface area contributed by atoms with Gasteiger partial charge in [-0.05, 0) is 55.1 Å². The Morgan fingerprint density at radius 3 is 2.03 bits per heavy atom. The van der Waals surface area contributed by atoms with Gasteiger partial charge < -0.3 is 14.8 Å². The molecular weight excluding hydrogens is 450 g/mol. The predicted molar refractivity (Wildman–Crippen MR) is 143 cm³/mol. The van der Waals surface area contributed by atoms with Crippen LogP contribution in [0.1, 0.15) is 90.7 Å². The molecule has 4 rings (SSSR count). The summed E-state index contributed by atoms with van der Waals surface area (Å²) in [7, 11) is 0. The van der Waals surface area contributed by atoms with Crippen molar-refractivity contribution in [2.24, 2.45) is 10.8 Å². The van der Waals surface area contributed by atoms with E-state index >= 15 is 0 Å². The smallest absolute Gasteiger partial charge is 0.164 e. The van der Waals surface area contributed by atoms with Crippen LogP contribution in [0.2, 0.25) is 0 Å². The number of dihydropyridines is 1. The fraction of sp³-hybridized carbons (Fsp3) is 0.548. The number of ether oxygens (including phenoxy) is 2. The van der Waals surface area contributed by atoms with E-state index in [1.807, 2.05) is 19.1 Å². The van der Waals surface area contributed by atoms with Crippen LogP contribution in [0.5, 0.6) is 11.5 Å². The number of hydrogen-bond donors (Lipinski definition) is 1. The Balaban J connectivity index is 1.95. The van der Waals surface area contributed by atoms with Gasteiger partial charge in [-0.2, -0.15) is 0 Å². The van der Waals surface area contributed by atoms with Crippen LogP contribution in [0.25, 0.3) is 0 Å². The molecule has 194 valence electrons. The standard InChI is InChI=1S/C31H41NO4/c1-8-11-19-13-20(14-25(35-10-3)29(19)36-12-9-2)26-27-21(15-30(4,5)17-23(27)33)32-22-16-31(6,7)18-24(34)28(22)26/h8,13-14,26,32H,1,9-12,15-18H2,2-7H3. The molecule has 0 amide bonds. The number of rotatable bonds is 8. The molecule has 0 saturated carbocycles. The number of Topliss-reactive ketones (excluding diaryl/α,β-unsaturated/α-hetero) is 2. The van der Waals surface area contributed by atoms with Gasteiger partial charge in [0.15, 0.2) is 23.1 Å². The summed E-state index contributed by atoms with van der Waals surface area (Å²) in [6, 6.07) is 4.09. The van der Waals surface area contributed by atoms with Crippen molar-refractivity contribution in [3.05, 3.63) is 58.5 Å². The molecule has 0 unspecified atom stereocenters. The van der Waals surface area contributed by atoms with Crippen LogP contribution in [0.3, 0.4) is 0 Å². The Hall–Kier alpha value is -2.82. The number of hydrogen-bond acceptors (Lipinski definition) is 5. The van der Waals surface area contributed by atoms with Crippen molar-refractivity contribution < 1.29 is 19.1 Å². The maximum Gasteiger partial charge on any atom is 0.164 e. The molecule has 1 aliphatic heterocycles. The van der Waals surface area contributed by atoms with E-state index < -0.39 is 5.92 Å². The third-order valence-corrected chi connectivity index (χ3v) is 7.32. The summed E-state index contributed by atoms with van der Waals surface area (Å²) >= 11 is 0. The summed E-state index contributed by atoms with van der Waals surface area (Å²) in [5.74, 6) is 1.24. The third kappa shape index (κ3) is 5.02. The highest BCUT2D eigenvalue weighted by atomic mass is 16.5. The summed E-state index contributed by atoms with van der Waals surface area (Å²) in [5, 5.41) is 3.59. The lowest BCUT2D eigenvalue weighted by atomic mass is 9.64. The lowest BCUT2D eigenvalue weighted by Crippen LogP contribution is -2.42. The first kappa shape index (κ1) is 26.2. The zero-order chi connectivity index (χ0) is 26.3. The summed E-state index contributed by atoms with van der Waals surface area (Å²) in [4.78, 5) is 27.3. The lowest BCUT2D eigenvalue weighted by Gasteiger charge is -2.44. The molecule has 1 N–H and O–H groups in total. The van der Waals surface area contributed by atoms with Gasteiger partial charge in [0.05, 0.1) is 13.2 Å². The maximum absolute atomic E-state index is 13.7. The third-order valence-electron chi connectivity index (χ3n) is 7.32. The molecule has 0 fully saturated rings. The molecule has 1 aromatic carbocycles. The van der Waals surface area contributed by atoms with E-state index in [-0.39, 0.29) is 22.4 Å². The Morgan fingerprint density at radius 2 is 1.53 bits per heavy atom. The Kier molecular flexibility index (Phi) is 7.23. The molecule has 5 nitrogen and oxygen atoms in total.